The molecule has 0 saturated heterocycles. The van der Waals surface area contributed by atoms with Crippen LogP contribution >= 0.6 is 11.8 Å². The summed E-state index contributed by atoms with van der Waals surface area (Å²) in [7, 11) is 0. The normalized spacial score (nSPS) is 12.1. The first-order valence-corrected chi connectivity index (χ1v) is 6.16. The highest BCUT2D eigenvalue weighted by Gasteiger charge is 2.07. The topological polar surface area (TPSA) is 96.7 Å². The quantitative estimate of drug-likeness (QED) is 0.771. The Labute approximate surface area is 108 Å². The van der Waals surface area contributed by atoms with Crippen molar-refractivity contribution < 1.29 is 4.79 Å². The van der Waals surface area contributed by atoms with Crippen LogP contribution in [-0.2, 0) is 4.79 Å². The number of carbonyl (C=O) groups excluding carboxylic acids is 1. The van der Waals surface area contributed by atoms with Gasteiger partial charge in [0, 0.05) is 10.6 Å². The van der Waals surface area contributed by atoms with E-state index in [1.165, 1.54) is 18.1 Å². The molecule has 2 aromatic rings. The predicted octanol–water partition coefficient (Wildman–Crippen LogP) is 1.24. The number of aromatic nitrogens is 3. The smallest absolute Gasteiger partial charge is 0.240 e. The van der Waals surface area contributed by atoms with Crippen LogP contribution in [0.2, 0.25) is 0 Å². The van der Waals surface area contributed by atoms with Crippen LogP contribution in [0.1, 0.15) is 6.92 Å². The molecule has 1 aromatic carbocycles. The molecule has 0 radical (unpaired) electrons. The Kier molecular flexibility index (Phi) is 3.96. The van der Waals surface area contributed by atoms with Crippen molar-refractivity contribution in [2.75, 3.05) is 5.32 Å². The summed E-state index contributed by atoms with van der Waals surface area (Å²) in [6.45, 7) is 1.64. The average molecular weight is 263 g/mol. The maximum atomic E-state index is 11.4. The van der Waals surface area contributed by atoms with Crippen LogP contribution in [0.3, 0.4) is 0 Å². The fraction of sp³-hybridized carbons (Fsp3) is 0.182. The minimum atomic E-state index is -0.520. The molecule has 0 spiro atoms. The van der Waals surface area contributed by atoms with E-state index in [2.05, 4.69) is 20.5 Å². The summed E-state index contributed by atoms with van der Waals surface area (Å²) in [6.07, 6.45) is 1.46. The first kappa shape index (κ1) is 12.6. The van der Waals surface area contributed by atoms with Gasteiger partial charge in [0.2, 0.25) is 5.91 Å². The molecule has 0 aliphatic carbocycles. The molecule has 0 fully saturated rings. The minimum Gasteiger partial charge on any atom is -0.325 e. The third kappa shape index (κ3) is 3.31. The molecule has 6 nitrogen and oxygen atoms in total. The number of carbonyl (C=O) groups is 1. The number of hydrogen-bond donors (Lipinski definition) is 3. The summed E-state index contributed by atoms with van der Waals surface area (Å²) < 4.78 is 0. The second-order valence-electron chi connectivity index (χ2n) is 3.69. The molecule has 1 atom stereocenters. The highest BCUT2D eigenvalue weighted by Crippen LogP contribution is 2.25. The zero-order chi connectivity index (χ0) is 13.0. The lowest BCUT2D eigenvalue weighted by Crippen LogP contribution is -2.32. The van der Waals surface area contributed by atoms with Crippen LogP contribution in [-0.4, -0.2) is 27.1 Å². The van der Waals surface area contributed by atoms with E-state index in [0.717, 1.165) is 15.7 Å². The highest BCUT2D eigenvalue weighted by atomic mass is 32.2. The molecular weight excluding hydrogens is 250 g/mol. The van der Waals surface area contributed by atoms with Gasteiger partial charge >= 0.3 is 0 Å². The summed E-state index contributed by atoms with van der Waals surface area (Å²) >= 11 is 1.46. The standard InChI is InChI=1S/C11H13N5OS/c1-7(12)10(17)15-8-2-4-9(5-3-8)18-11-13-6-14-16-11/h2-7H,12H2,1H3,(H,15,17)(H,13,14,16)/t7-/m0/s1. The van der Waals surface area contributed by atoms with Gasteiger partial charge in [-0.3, -0.25) is 9.89 Å². The molecular formula is C11H13N5OS. The monoisotopic (exact) mass is 263 g/mol. The Balaban J connectivity index is 1.99. The Bertz CT molecular complexity index is 509. The SMILES string of the molecule is C[C@H](N)C(=O)Nc1ccc(Sc2ncn[nH]2)cc1. The van der Waals surface area contributed by atoms with Gasteiger partial charge in [0.15, 0.2) is 5.16 Å². The number of benzene rings is 1. The van der Waals surface area contributed by atoms with Crippen molar-refractivity contribution in [3.05, 3.63) is 30.6 Å². The molecule has 1 amide bonds. The van der Waals surface area contributed by atoms with Crippen molar-refractivity contribution in [2.45, 2.75) is 23.0 Å². The van der Waals surface area contributed by atoms with Gasteiger partial charge in [-0.1, -0.05) is 11.8 Å². The molecule has 1 aromatic heterocycles. The highest BCUT2D eigenvalue weighted by molar-refractivity contribution is 7.99. The number of rotatable bonds is 4. The lowest BCUT2D eigenvalue weighted by atomic mass is 10.3. The van der Waals surface area contributed by atoms with Crippen molar-refractivity contribution >= 4 is 23.4 Å². The number of nitrogens with two attached hydrogens (primary N) is 1. The average Bonchev–Trinajstić information content (AvgIpc) is 2.84. The van der Waals surface area contributed by atoms with E-state index >= 15 is 0 Å². The van der Waals surface area contributed by atoms with Gasteiger partial charge in [-0.2, -0.15) is 5.10 Å². The summed E-state index contributed by atoms with van der Waals surface area (Å²) in [5.41, 5.74) is 6.19. The van der Waals surface area contributed by atoms with Crippen molar-refractivity contribution in [3.8, 4) is 0 Å². The number of amides is 1. The van der Waals surface area contributed by atoms with E-state index in [4.69, 9.17) is 5.73 Å². The van der Waals surface area contributed by atoms with Crippen LogP contribution in [0.4, 0.5) is 5.69 Å². The van der Waals surface area contributed by atoms with Crippen molar-refractivity contribution in [1.82, 2.24) is 15.2 Å². The molecule has 4 N–H and O–H groups in total. The molecule has 7 heteroatoms. The predicted molar refractivity (Wildman–Crippen MR) is 69.2 cm³/mol. The van der Waals surface area contributed by atoms with E-state index < -0.39 is 6.04 Å². The first-order chi connectivity index (χ1) is 8.65. The number of aromatic amines is 1. The van der Waals surface area contributed by atoms with Gasteiger partial charge in [-0.05, 0) is 31.2 Å². The maximum Gasteiger partial charge on any atom is 0.240 e. The zero-order valence-electron chi connectivity index (χ0n) is 9.75. The summed E-state index contributed by atoms with van der Waals surface area (Å²) in [5.74, 6) is -0.203. The molecule has 0 aliphatic rings. The second-order valence-corrected chi connectivity index (χ2v) is 4.76. The number of anilines is 1. The fourth-order valence-electron chi connectivity index (χ4n) is 1.22. The molecule has 0 unspecified atom stereocenters. The van der Waals surface area contributed by atoms with Gasteiger partial charge in [0.1, 0.15) is 6.33 Å². The van der Waals surface area contributed by atoms with E-state index in [9.17, 15) is 4.79 Å². The summed E-state index contributed by atoms with van der Waals surface area (Å²) in [4.78, 5) is 16.4. The Morgan fingerprint density at radius 2 is 2.17 bits per heavy atom. The minimum absolute atomic E-state index is 0.203. The van der Waals surface area contributed by atoms with Gasteiger partial charge in [-0.25, -0.2) is 4.98 Å². The van der Waals surface area contributed by atoms with Crippen molar-refractivity contribution in [2.24, 2.45) is 5.73 Å². The number of nitrogens with zero attached hydrogens (tertiary/aromatic N) is 2. The molecule has 94 valence electrons. The summed E-state index contributed by atoms with van der Waals surface area (Å²) in [5, 5.41) is 9.97. The lowest BCUT2D eigenvalue weighted by molar-refractivity contribution is -0.117. The van der Waals surface area contributed by atoms with Crippen LogP contribution in [0.5, 0.6) is 0 Å². The van der Waals surface area contributed by atoms with Crippen molar-refractivity contribution in [1.29, 1.82) is 0 Å². The first-order valence-electron chi connectivity index (χ1n) is 5.35. The van der Waals surface area contributed by atoms with E-state index in [1.807, 2.05) is 24.3 Å². The third-order valence-corrected chi connectivity index (χ3v) is 3.04. The molecule has 1 heterocycles. The number of hydrogen-bond acceptors (Lipinski definition) is 5. The molecule has 18 heavy (non-hydrogen) atoms. The van der Waals surface area contributed by atoms with Gasteiger partial charge in [-0.15, -0.1) is 0 Å². The zero-order valence-corrected chi connectivity index (χ0v) is 10.6. The van der Waals surface area contributed by atoms with Crippen molar-refractivity contribution in [3.63, 3.8) is 0 Å². The molecule has 0 aliphatic heterocycles. The molecule has 2 rings (SSSR count). The molecule has 0 bridgehead atoms. The molecule has 0 saturated carbocycles. The Morgan fingerprint density at radius 1 is 1.44 bits per heavy atom. The van der Waals surface area contributed by atoms with Gasteiger partial charge in [0.25, 0.3) is 0 Å². The lowest BCUT2D eigenvalue weighted by Gasteiger charge is -2.07. The third-order valence-electron chi connectivity index (χ3n) is 2.14. The van der Waals surface area contributed by atoms with Crippen LogP contribution in [0, 0.1) is 0 Å². The van der Waals surface area contributed by atoms with Gasteiger partial charge in [0.05, 0.1) is 6.04 Å². The van der Waals surface area contributed by atoms with Gasteiger partial charge < -0.3 is 11.1 Å². The van der Waals surface area contributed by atoms with E-state index in [-0.39, 0.29) is 5.91 Å². The van der Waals surface area contributed by atoms with E-state index in [0.29, 0.717) is 0 Å². The maximum absolute atomic E-state index is 11.4. The largest absolute Gasteiger partial charge is 0.325 e. The van der Waals surface area contributed by atoms with Crippen LogP contribution < -0.4 is 11.1 Å². The Hall–Kier alpha value is -1.86. The van der Waals surface area contributed by atoms with Crippen LogP contribution in [0.15, 0.2) is 40.6 Å². The second kappa shape index (κ2) is 5.65. The Morgan fingerprint density at radius 3 is 2.72 bits per heavy atom. The summed E-state index contributed by atoms with van der Waals surface area (Å²) in [6, 6.07) is 6.90. The van der Waals surface area contributed by atoms with E-state index in [1.54, 1.807) is 6.92 Å². The fourth-order valence-corrected chi connectivity index (χ4v) is 1.91. The number of nitrogens with one attached hydrogen (secondary N) is 2. The van der Waals surface area contributed by atoms with Crippen LogP contribution in [0.25, 0.3) is 0 Å². The number of H-pyrrole nitrogens is 1.